The van der Waals surface area contributed by atoms with E-state index in [9.17, 15) is 0 Å². The maximum atomic E-state index is 7.49. The second-order valence-corrected chi connectivity index (χ2v) is 19.7. The normalized spacial score (nSPS) is 30.8. The van der Waals surface area contributed by atoms with E-state index in [-0.39, 0.29) is 15.7 Å². The first kappa shape index (κ1) is 32.9. The summed E-state index contributed by atoms with van der Waals surface area (Å²) < 4.78 is 6.70. The molecule has 0 aliphatic carbocycles. The van der Waals surface area contributed by atoms with Gasteiger partial charge < -0.3 is 0 Å². The number of nitrogens with zero attached hydrogens (tertiary/aromatic N) is 3. The van der Waals surface area contributed by atoms with Crippen LogP contribution in [0.1, 0.15) is 83.1 Å². The van der Waals surface area contributed by atoms with Crippen LogP contribution in [0.25, 0.3) is 0 Å². The number of rotatable bonds is 12. The van der Waals surface area contributed by atoms with Gasteiger partial charge in [-0.15, -0.1) is 35.3 Å². The predicted molar refractivity (Wildman–Crippen MR) is 163 cm³/mol. The van der Waals surface area contributed by atoms with E-state index in [4.69, 9.17) is 17.2 Å². The zero-order valence-electron chi connectivity index (χ0n) is 22.5. The van der Waals surface area contributed by atoms with Gasteiger partial charge in [0.2, 0.25) is 15.4 Å². The maximum absolute atomic E-state index is 7.49. The van der Waals surface area contributed by atoms with E-state index in [0.717, 1.165) is 0 Å². The minimum Gasteiger partial charge on any atom is -0.290 e. The lowest BCUT2D eigenvalue weighted by Crippen LogP contribution is -2.87. The van der Waals surface area contributed by atoms with Gasteiger partial charge in [0, 0.05) is 31.5 Å². The Hall–Kier alpha value is 1.86. The molecule has 1 rings (SSSR count). The summed E-state index contributed by atoms with van der Waals surface area (Å²) in [5.74, 6) is 0. The van der Waals surface area contributed by atoms with Crippen LogP contribution in [-0.4, -0.2) is 59.8 Å². The maximum Gasteiger partial charge on any atom is 0.201 e. The fourth-order valence-corrected chi connectivity index (χ4v) is 11.4. The molecule has 0 saturated carbocycles. The van der Waals surface area contributed by atoms with E-state index >= 15 is 0 Å². The molecule has 1 saturated heterocycles. The number of nitrogens with two attached hydrogens (primary N) is 3. The van der Waals surface area contributed by atoms with Gasteiger partial charge in [-0.05, 0) is 0 Å². The third kappa shape index (κ3) is 8.17. The summed E-state index contributed by atoms with van der Waals surface area (Å²) in [5, 5.41) is -1.04. The van der Waals surface area contributed by atoms with E-state index in [1.165, 1.54) is 0 Å². The molecule has 6 nitrogen and oxygen atoms in total. The van der Waals surface area contributed by atoms with Gasteiger partial charge in [-0.25, -0.2) is 0 Å². The van der Waals surface area contributed by atoms with Crippen LogP contribution in [0.3, 0.4) is 0 Å². The lowest BCUT2D eigenvalue weighted by Gasteiger charge is -2.67. The fraction of sp³-hybridized carbons (Fsp3) is 1.00. The van der Waals surface area contributed by atoms with E-state index < -0.39 is 15.4 Å². The Morgan fingerprint density at radius 3 is 0.697 bits per heavy atom. The van der Waals surface area contributed by atoms with Crippen molar-refractivity contribution in [2.45, 2.75) is 130 Å². The predicted octanol–water partition coefficient (Wildman–Crippen LogP) is 6.21. The average molecular weight is 577 g/mol. The van der Waals surface area contributed by atoms with E-state index in [1.54, 1.807) is 71.1 Å². The van der Waals surface area contributed by atoms with Gasteiger partial charge >= 0.3 is 0 Å². The first-order chi connectivity index (χ1) is 14.9. The number of hydrogen-bond acceptors (Lipinski definition) is 12. The Labute approximate surface area is 229 Å². The molecule has 0 spiro atoms. The highest BCUT2D eigenvalue weighted by molar-refractivity contribution is 8.08. The van der Waals surface area contributed by atoms with Gasteiger partial charge in [-0.1, -0.05) is 119 Å². The molecule has 1 heterocycles. The topological polar surface area (TPSA) is 87.8 Å². The molecular weight excluding hydrogens is 529 g/mol. The summed E-state index contributed by atoms with van der Waals surface area (Å²) in [4.78, 5) is 0. The first-order valence-electron chi connectivity index (χ1n) is 11.7. The van der Waals surface area contributed by atoms with Gasteiger partial charge in [0.25, 0.3) is 0 Å². The van der Waals surface area contributed by atoms with Crippen LogP contribution in [0.2, 0.25) is 0 Å². The van der Waals surface area contributed by atoms with Crippen LogP contribution in [0.4, 0.5) is 0 Å². The van der Waals surface area contributed by atoms with Gasteiger partial charge in [-0.3, -0.25) is 17.2 Å². The molecule has 1 aliphatic rings. The van der Waals surface area contributed by atoms with Crippen LogP contribution < -0.4 is 17.2 Å². The van der Waals surface area contributed by atoms with Crippen molar-refractivity contribution in [3.8, 4) is 0 Å². The third-order valence-electron chi connectivity index (χ3n) is 3.92. The van der Waals surface area contributed by atoms with Crippen LogP contribution in [0.5, 0.6) is 0 Å². The summed E-state index contributed by atoms with van der Waals surface area (Å²) in [7, 11) is 0. The van der Waals surface area contributed by atoms with Crippen molar-refractivity contribution in [3.05, 3.63) is 0 Å². The molecule has 12 heteroatoms. The Kier molecular flexibility index (Phi) is 13.0. The minimum atomic E-state index is -0.931. The van der Waals surface area contributed by atoms with Crippen molar-refractivity contribution in [1.29, 1.82) is 0 Å². The molecule has 0 aromatic rings. The third-order valence-corrected chi connectivity index (χ3v) is 11.7. The Morgan fingerprint density at radius 2 is 0.576 bits per heavy atom. The standard InChI is InChI=1S/C21H48N6S6/c1-13(2)28-19(22)25(31-16(7)8)20(23,29-14(3)4)27(33-18(11)12)21(24,30-15(5)6)26(19)32-17(9)10/h13-18H,22-24H2,1-12H3. The average Bonchev–Trinajstić information content (AvgIpc) is 2.58. The highest BCUT2D eigenvalue weighted by atomic mass is 32.2. The summed E-state index contributed by atoms with van der Waals surface area (Å²) in [6.45, 7) is 26.3. The van der Waals surface area contributed by atoms with Crippen LogP contribution in [0.15, 0.2) is 0 Å². The minimum absolute atomic E-state index is 0.284. The molecule has 0 radical (unpaired) electrons. The van der Waals surface area contributed by atoms with Crippen molar-refractivity contribution in [2.75, 3.05) is 0 Å². The molecule has 0 aromatic carbocycles. The van der Waals surface area contributed by atoms with Crippen molar-refractivity contribution in [2.24, 2.45) is 17.2 Å². The molecule has 0 amide bonds. The van der Waals surface area contributed by atoms with Gasteiger partial charge in [0.15, 0.2) is 0 Å². The zero-order chi connectivity index (χ0) is 25.9. The summed E-state index contributed by atoms with van der Waals surface area (Å²) in [6, 6.07) is 0. The molecule has 33 heavy (non-hydrogen) atoms. The van der Waals surface area contributed by atoms with Crippen LogP contribution >= 0.6 is 71.1 Å². The van der Waals surface area contributed by atoms with Crippen LogP contribution in [-0.2, 0) is 0 Å². The molecule has 1 aliphatic heterocycles. The van der Waals surface area contributed by atoms with Crippen molar-refractivity contribution in [1.82, 2.24) is 12.9 Å². The van der Waals surface area contributed by atoms with Crippen molar-refractivity contribution >= 4 is 71.1 Å². The summed E-state index contributed by atoms with van der Waals surface area (Å²) in [5.41, 5.74) is 22.5. The lowest BCUT2D eigenvalue weighted by atomic mass is 10.5. The highest BCUT2D eigenvalue weighted by Gasteiger charge is 2.68. The zero-order valence-corrected chi connectivity index (χ0v) is 27.4. The van der Waals surface area contributed by atoms with E-state index in [2.05, 4.69) is 96.0 Å². The highest BCUT2D eigenvalue weighted by Crippen LogP contribution is 2.60. The van der Waals surface area contributed by atoms with Crippen LogP contribution in [0, 0.1) is 0 Å². The van der Waals surface area contributed by atoms with Gasteiger partial charge in [-0.2, -0.15) is 12.9 Å². The molecule has 0 unspecified atom stereocenters. The molecule has 0 bridgehead atoms. The molecule has 6 N–H and O–H groups in total. The van der Waals surface area contributed by atoms with Crippen molar-refractivity contribution in [3.63, 3.8) is 0 Å². The molecule has 0 atom stereocenters. The SMILES string of the molecule is CC(C)SN1C(N)(SC(C)C)N(SC(C)C)C(N)(SC(C)C)N(SC(C)C)C1(N)SC(C)C. The molecule has 0 aromatic heterocycles. The molecule has 198 valence electrons. The Bertz CT molecular complexity index is 511. The molecule has 1 fully saturated rings. The Balaban J connectivity index is 4.01. The lowest BCUT2D eigenvalue weighted by molar-refractivity contribution is -0.0794. The Morgan fingerprint density at radius 1 is 0.394 bits per heavy atom. The monoisotopic (exact) mass is 576 g/mol. The second-order valence-electron chi connectivity index (χ2n) is 9.82. The van der Waals surface area contributed by atoms with E-state index in [0.29, 0.717) is 15.7 Å². The largest absolute Gasteiger partial charge is 0.290 e. The smallest absolute Gasteiger partial charge is 0.201 e. The fourth-order valence-electron chi connectivity index (χ4n) is 3.35. The number of hydrogen-bond donors (Lipinski definition) is 3. The van der Waals surface area contributed by atoms with E-state index in [1.807, 2.05) is 0 Å². The summed E-state index contributed by atoms with van der Waals surface area (Å²) in [6.07, 6.45) is 0. The first-order valence-corrected chi connectivity index (χ1v) is 16.9. The van der Waals surface area contributed by atoms with Crippen molar-refractivity contribution < 1.29 is 0 Å². The summed E-state index contributed by atoms with van der Waals surface area (Å²) >= 11 is 10.3. The second kappa shape index (κ2) is 13.1. The van der Waals surface area contributed by atoms with Gasteiger partial charge in [0.1, 0.15) is 0 Å². The van der Waals surface area contributed by atoms with Gasteiger partial charge in [0.05, 0.1) is 0 Å². The number of thioether (sulfide) groups is 3. The molecular formula is C21H48N6S6. The quantitative estimate of drug-likeness (QED) is 0.182.